The van der Waals surface area contributed by atoms with Gasteiger partial charge in [0.25, 0.3) is 5.56 Å². The zero-order valence-corrected chi connectivity index (χ0v) is 15.4. The quantitative estimate of drug-likeness (QED) is 0.291. The van der Waals surface area contributed by atoms with Crippen molar-refractivity contribution in [3.8, 4) is 0 Å². The lowest BCUT2D eigenvalue weighted by molar-refractivity contribution is 0.672. The van der Waals surface area contributed by atoms with Gasteiger partial charge in [-0.1, -0.05) is 29.4 Å². The van der Waals surface area contributed by atoms with Crippen LogP contribution in [0.2, 0.25) is 5.02 Å². The Morgan fingerprint density at radius 2 is 2.16 bits per heavy atom. The van der Waals surface area contributed by atoms with E-state index in [9.17, 15) is 4.79 Å². The molecule has 0 bridgehead atoms. The molecule has 0 aliphatic rings. The average Bonchev–Trinajstić information content (AvgIpc) is 3.21. The Labute approximate surface area is 156 Å². The van der Waals surface area contributed by atoms with E-state index in [-0.39, 0.29) is 5.56 Å². The van der Waals surface area contributed by atoms with E-state index in [1.54, 1.807) is 10.6 Å². The molecule has 0 aromatic carbocycles. The number of thioether (sulfide) groups is 1. The minimum Gasteiger partial charge on any atom is -0.305 e. The van der Waals surface area contributed by atoms with Crippen LogP contribution in [-0.4, -0.2) is 18.9 Å². The van der Waals surface area contributed by atoms with Crippen LogP contribution in [0.5, 0.6) is 0 Å². The second-order valence-electron chi connectivity index (χ2n) is 5.37. The molecule has 4 aromatic heterocycles. The van der Waals surface area contributed by atoms with Crippen molar-refractivity contribution in [2.75, 3.05) is 0 Å². The van der Waals surface area contributed by atoms with Crippen molar-refractivity contribution in [3.05, 3.63) is 69.7 Å². The molecule has 0 amide bonds. The third kappa shape index (κ3) is 3.10. The molecule has 0 aliphatic heterocycles. The van der Waals surface area contributed by atoms with Crippen LogP contribution in [0.3, 0.4) is 0 Å². The summed E-state index contributed by atoms with van der Waals surface area (Å²) in [5.41, 5.74) is 1.71. The van der Waals surface area contributed by atoms with E-state index in [1.165, 1.54) is 23.1 Å². The van der Waals surface area contributed by atoms with Gasteiger partial charge in [0.2, 0.25) is 0 Å². The first-order valence-corrected chi connectivity index (χ1v) is 9.75. The van der Waals surface area contributed by atoms with Crippen molar-refractivity contribution in [2.45, 2.75) is 17.5 Å². The fourth-order valence-corrected chi connectivity index (χ4v) is 4.42. The van der Waals surface area contributed by atoms with Gasteiger partial charge in [0, 0.05) is 24.7 Å². The van der Waals surface area contributed by atoms with Gasteiger partial charge in [-0.25, -0.2) is 9.97 Å². The van der Waals surface area contributed by atoms with E-state index in [1.807, 2.05) is 40.4 Å². The maximum atomic E-state index is 12.6. The van der Waals surface area contributed by atoms with Crippen LogP contribution in [0.25, 0.3) is 15.9 Å². The zero-order valence-electron chi connectivity index (χ0n) is 13.1. The summed E-state index contributed by atoms with van der Waals surface area (Å²) in [7, 11) is 0. The molecule has 0 atom stereocenters. The van der Waals surface area contributed by atoms with Gasteiger partial charge in [0.15, 0.2) is 5.16 Å². The van der Waals surface area contributed by atoms with E-state index in [0.717, 1.165) is 16.2 Å². The lowest BCUT2D eigenvalue weighted by Crippen LogP contribution is -2.22. The van der Waals surface area contributed by atoms with Gasteiger partial charge in [-0.05, 0) is 23.6 Å². The number of halogens is 1. The van der Waals surface area contributed by atoms with E-state index >= 15 is 0 Å². The standard InChI is InChI=1S/C17H13ClN4OS2/c1-2-6-22-16(23)13-5-7-24-15(13)20-17(22)25-10-12-9-21-8-11(18)3-4-14(21)19-12/h2-5,7-9H,1,6,10H2. The van der Waals surface area contributed by atoms with Crippen molar-refractivity contribution in [1.82, 2.24) is 18.9 Å². The monoisotopic (exact) mass is 388 g/mol. The molecule has 0 fully saturated rings. The van der Waals surface area contributed by atoms with Crippen LogP contribution in [0, 0.1) is 0 Å². The van der Waals surface area contributed by atoms with E-state index < -0.39 is 0 Å². The molecule has 0 aliphatic carbocycles. The minimum atomic E-state index is -0.0320. The second kappa shape index (κ2) is 6.67. The maximum absolute atomic E-state index is 12.6. The number of pyridine rings is 1. The van der Waals surface area contributed by atoms with Gasteiger partial charge in [0.1, 0.15) is 10.5 Å². The topological polar surface area (TPSA) is 52.2 Å². The summed E-state index contributed by atoms with van der Waals surface area (Å²) >= 11 is 8.97. The summed E-state index contributed by atoms with van der Waals surface area (Å²) in [6, 6.07) is 5.50. The van der Waals surface area contributed by atoms with Crippen molar-refractivity contribution in [2.24, 2.45) is 0 Å². The van der Waals surface area contributed by atoms with E-state index in [2.05, 4.69) is 16.5 Å². The lowest BCUT2D eigenvalue weighted by atomic mass is 10.4. The SMILES string of the molecule is C=CCn1c(SCc2cn3cc(Cl)ccc3n2)nc2sccc2c1=O. The first-order chi connectivity index (χ1) is 12.2. The summed E-state index contributed by atoms with van der Waals surface area (Å²) in [5.74, 6) is 0.611. The van der Waals surface area contributed by atoms with Crippen LogP contribution < -0.4 is 5.56 Å². The van der Waals surface area contributed by atoms with E-state index in [4.69, 9.17) is 11.6 Å². The highest BCUT2D eigenvalue weighted by Crippen LogP contribution is 2.24. The first-order valence-electron chi connectivity index (χ1n) is 7.50. The molecule has 0 saturated heterocycles. The van der Waals surface area contributed by atoms with Gasteiger partial charge in [0.05, 0.1) is 16.1 Å². The molecule has 126 valence electrons. The summed E-state index contributed by atoms with van der Waals surface area (Å²) in [4.78, 5) is 22.6. The Bertz CT molecular complexity index is 1140. The molecule has 4 heterocycles. The fourth-order valence-electron chi connectivity index (χ4n) is 2.56. The number of rotatable bonds is 5. The van der Waals surface area contributed by atoms with Crippen molar-refractivity contribution >= 4 is 50.6 Å². The van der Waals surface area contributed by atoms with Gasteiger partial charge in [-0.15, -0.1) is 17.9 Å². The molecular formula is C17H13ClN4OS2. The van der Waals surface area contributed by atoms with E-state index in [0.29, 0.717) is 27.9 Å². The summed E-state index contributed by atoms with van der Waals surface area (Å²) in [6.45, 7) is 4.17. The number of fused-ring (bicyclic) bond motifs is 2. The molecule has 4 rings (SSSR count). The maximum Gasteiger partial charge on any atom is 0.263 e. The molecule has 0 saturated carbocycles. The predicted molar refractivity (Wildman–Crippen MR) is 104 cm³/mol. The normalized spacial score (nSPS) is 11.4. The summed E-state index contributed by atoms with van der Waals surface area (Å²) in [6.07, 6.45) is 5.47. The smallest absolute Gasteiger partial charge is 0.263 e. The third-order valence-electron chi connectivity index (χ3n) is 3.67. The number of aromatic nitrogens is 4. The molecule has 0 N–H and O–H groups in total. The largest absolute Gasteiger partial charge is 0.305 e. The molecule has 0 unspecified atom stereocenters. The summed E-state index contributed by atoms with van der Waals surface area (Å²) in [5, 5.41) is 3.87. The highest BCUT2D eigenvalue weighted by molar-refractivity contribution is 7.98. The van der Waals surface area contributed by atoms with Crippen molar-refractivity contribution in [3.63, 3.8) is 0 Å². The minimum absolute atomic E-state index is 0.0320. The Balaban J connectivity index is 1.68. The van der Waals surface area contributed by atoms with Crippen molar-refractivity contribution in [1.29, 1.82) is 0 Å². The number of allylic oxidation sites excluding steroid dienone is 1. The molecule has 5 nitrogen and oxygen atoms in total. The number of nitrogens with zero attached hydrogens (tertiary/aromatic N) is 4. The van der Waals surface area contributed by atoms with Gasteiger partial charge < -0.3 is 4.40 Å². The molecule has 8 heteroatoms. The second-order valence-corrected chi connectivity index (χ2v) is 7.65. The Morgan fingerprint density at radius 1 is 1.28 bits per heavy atom. The number of thiophene rings is 1. The number of imidazole rings is 1. The Morgan fingerprint density at radius 3 is 3.00 bits per heavy atom. The number of hydrogen-bond acceptors (Lipinski definition) is 5. The molecule has 0 radical (unpaired) electrons. The van der Waals surface area contributed by atoms with Crippen molar-refractivity contribution < 1.29 is 0 Å². The molecule has 25 heavy (non-hydrogen) atoms. The highest BCUT2D eigenvalue weighted by Gasteiger charge is 2.12. The Kier molecular flexibility index (Phi) is 4.37. The van der Waals surface area contributed by atoms with Gasteiger partial charge in [-0.3, -0.25) is 9.36 Å². The van der Waals surface area contributed by atoms with Gasteiger partial charge in [-0.2, -0.15) is 0 Å². The lowest BCUT2D eigenvalue weighted by Gasteiger charge is -2.09. The van der Waals surface area contributed by atoms with Crippen LogP contribution >= 0.6 is 34.7 Å². The van der Waals surface area contributed by atoms with Crippen LogP contribution in [0.4, 0.5) is 0 Å². The zero-order chi connectivity index (χ0) is 17.4. The summed E-state index contributed by atoms with van der Waals surface area (Å²) < 4.78 is 3.55. The first kappa shape index (κ1) is 16.4. The van der Waals surface area contributed by atoms with Crippen LogP contribution in [-0.2, 0) is 12.3 Å². The molecule has 4 aromatic rings. The molecule has 0 spiro atoms. The fraction of sp³-hybridized carbons (Fsp3) is 0.118. The molecular weight excluding hydrogens is 376 g/mol. The Hall–Kier alpha value is -2.09. The third-order valence-corrected chi connectivity index (χ3v) is 5.71. The van der Waals surface area contributed by atoms with Crippen LogP contribution in [0.15, 0.2) is 58.6 Å². The predicted octanol–water partition coefficient (Wildman–Crippen LogP) is 4.24. The average molecular weight is 389 g/mol. The van der Waals surface area contributed by atoms with Gasteiger partial charge >= 0.3 is 0 Å². The van der Waals surface area contributed by atoms with Crippen LogP contribution in [0.1, 0.15) is 5.69 Å². The number of hydrogen-bond donors (Lipinski definition) is 0. The highest BCUT2D eigenvalue weighted by atomic mass is 35.5.